The molecule has 1 heterocycles. The van der Waals surface area contributed by atoms with Gasteiger partial charge in [-0.25, -0.2) is 0 Å². The molecule has 1 fully saturated rings. The van der Waals surface area contributed by atoms with E-state index in [9.17, 15) is 0 Å². The first-order chi connectivity index (χ1) is 6.47. The lowest BCUT2D eigenvalue weighted by Crippen LogP contribution is -2.02. The topological polar surface area (TPSA) is 9.23 Å². The summed E-state index contributed by atoms with van der Waals surface area (Å²) in [6.07, 6.45) is 5.39. The molecule has 0 amide bonds. The molecule has 1 saturated heterocycles. The molecule has 13 heavy (non-hydrogen) atoms. The van der Waals surface area contributed by atoms with Crippen LogP contribution in [0.2, 0.25) is 0 Å². The smallest absolute Gasteiger partial charge is 0.0824 e. The van der Waals surface area contributed by atoms with Gasteiger partial charge in [-0.3, -0.25) is 0 Å². The van der Waals surface area contributed by atoms with Crippen LogP contribution in [0, 0.1) is 0 Å². The zero-order valence-electron chi connectivity index (χ0n) is 7.91. The van der Waals surface area contributed by atoms with Crippen molar-refractivity contribution in [1.82, 2.24) is 0 Å². The molecule has 0 N–H and O–H groups in total. The van der Waals surface area contributed by atoms with Crippen molar-refractivity contribution >= 4 is 0 Å². The van der Waals surface area contributed by atoms with E-state index in [2.05, 4.69) is 30.3 Å². The quantitative estimate of drug-likeness (QED) is 0.637. The van der Waals surface area contributed by atoms with Crippen LogP contribution >= 0.6 is 0 Å². The SMILES string of the molecule is c1ccc(C2CCCCCO2)cc1. The van der Waals surface area contributed by atoms with Gasteiger partial charge in [0, 0.05) is 6.61 Å². The number of hydrogen-bond donors (Lipinski definition) is 0. The third-order valence-corrected chi connectivity index (χ3v) is 2.60. The number of rotatable bonds is 1. The Bertz CT molecular complexity index is 235. The molecule has 1 aliphatic heterocycles. The summed E-state index contributed by atoms with van der Waals surface area (Å²) in [6.45, 7) is 0.930. The van der Waals surface area contributed by atoms with Gasteiger partial charge in [-0.2, -0.15) is 0 Å². The molecular formula is C12H16O. The highest BCUT2D eigenvalue weighted by Crippen LogP contribution is 2.26. The van der Waals surface area contributed by atoms with Crippen molar-refractivity contribution in [1.29, 1.82) is 0 Å². The second kappa shape index (κ2) is 4.43. The van der Waals surface area contributed by atoms with E-state index in [1.807, 2.05) is 0 Å². The van der Waals surface area contributed by atoms with Crippen LogP contribution in [0.15, 0.2) is 30.3 Å². The first-order valence-electron chi connectivity index (χ1n) is 5.13. The molecule has 0 aromatic heterocycles. The van der Waals surface area contributed by atoms with Gasteiger partial charge in [-0.05, 0) is 18.4 Å². The highest BCUT2D eigenvalue weighted by molar-refractivity contribution is 5.17. The summed E-state index contributed by atoms with van der Waals surface area (Å²) in [5, 5.41) is 0. The van der Waals surface area contributed by atoms with Crippen molar-refractivity contribution in [2.24, 2.45) is 0 Å². The maximum absolute atomic E-state index is 5.79. The lowest BCUT2D eigenvalue weighted by molar-refractivity contribution is 0.0583. The van der Waals surface area contributed by atoms with Crippen LogP contribution in [0.5, 0.6) is 0 Å². The van der Waals surface area contributed by atoms with Crippen molar-refractivity contribution in [3.8, 4) is 0 Å². The van der Waals surface area contributed by atoms with Crippen molar-refractivity contribution in [2.45, 2.75) is 31.8 Å². The Balaban J connectivity index is 2.06. The largest absolute Gasteiger partial charge is 0.374 e. The standard InChI is InChI=1S/C12H16O/c1-3-7-11(8-4-1)12-9-5-2-6-10-13-12/h1,3-4,7-8,12H,2,5-6,9-10H2. The maximum Gasteiger partial charge on any atom is 0.0824 e. The van der Waals surface area contributed by atoms with Gasteiger partial charge in [-0.15, -0.1) is 0 Å². The molecule has 1 aliphatic rings. The van der Waals surface area contributed by atoms with Gasteiger partial charge in [0.15, 0.2) is 0 Å². The summed E-state index contributed by atoms with van der Waals surface area (Å²) in [6, 6.07) is 10.6. The summed E-state index contributed by atoms with van der Waals surface area (Å²) in [4.78, 5) is 0. The van der Waals surface area contributed by atoms with Crippen LogP contribution in [-0.2, 0) is 4.74 Å². The second-order valence-electron chi connectivity index (χ2n) is 3.62. The molecule has 0 radical (unpaired) electrons. The molecule has 0 saturated carbocycles. The van der Waals surface area contributed by atoms with E-state index in [0.717, 1.165) is 6.61 Å². The summed E-state index contributed by atoms with van der Waals surface area (Å²) in [5.41, 5.74) is 1.34. The molecule has 70 valence electrons. The lowest BCUT2D eigenvalue weighted by Gasteiger charge is -2.14. The lowest BCUT2D eigenvalue weighted by atomic mass is 10.0. The first kappa shape index (κ1) is 8.76. The van der Waals surface area contributed by atoms with E-state index in [1.54, 1.807) is 0 Å². The Morgan fingerprint density at radius 2 is 1.85 bits per heavy atom. The van der Waals surface area contributed by atoms with Gasteiger partial charge in [0.2, 0.25) is 0 Å². The van der Waals surface area contributed by atoms with Gasteiger partial charge < -0.3 is 4.74 Å². The number of hydrogen-bond acceptors (Lipinski definition) is 1. The molecule has 1 nitrogen and oxygen atoms in total. The van der Waals surface area contributed by atoms with E-state index < -0.39 is 0 Å². The van der Waals surface area contributed by atoms with Crippen molar-refractivity contribution in [3.63, 3.8) is 0 Å². The zero-order valence-corrected chi connectivity index (χ0v) is 7.91. The number of benzene rings is 1. The maximum atomic E-state index is 5.79. The molecule has 1 aromatic rings. The van der Waals surface area contributed by atoms with Crippen LogP contribution in [0.1, 0.15) is 37.4 Å². The Hall–Kier alpha value is -0.820. The summed E-state index contributed by atoms with van der Waals surface area (Å²) >= 11 is 0. The molecule has 1 aromatic carbocycles. The molecular weight excluding hydrogens is 160 g/mol. The minimum Gasteiger partial charge on any atom is -0.374 e. The fourth-order valence-electron chi connectivity index (χ4n) is 1.85. The Morgan fingerprint density at radius 1 is 1.00 bits per heavy atom. The summed E-state index contributed by atoms with van der Waals surface area (Å²) in [5.74, 6) is 0. The summed E-state index contributed by atoms with van der Waals surface area (Å²) in [7, 11) is 0. The fraction of sp³-hybridized carbons (Fsp3) is 0.500. The summed E-state index contributed by atoms with van der Waals surface area (Å²) < 4.78 is 5.79. The van der Waals surface area contributed by atoms with Crippen LogP contribution in [-0.4, -0.2) is 6.61 Å². The molecule has 1 unspecified atom stereocenters. The van der Waals surface area contributed by atoms with Gasteiger partial charge in [-0.1, -0.05) is 43.2 Å². The zero-order chi connectivity index (χ0) is 8.93. The fourth-order valence-corrected chi connectivity index (χ4v) is 1.85. The average molecular weight is 176 g/mol. The van der Waals surface area contributed by atoms with Crippen molar-refractivity contribution in [2.75, 3.05) is 6.61 Å². The molecule has 1 heteroatoms. The van der Waals surface area contributed by atoms with Gasteiger partial charge >= 0.3 is 0 Å². The number of ether oxygens (including phenoxy) is 1. The van der Waals surface area contributed by atoms with E-state index in [0.29, 0.717) is 6.10 Å². The van der Waals surface area contributed by atoms with Crippen LogP contribution in [0.3, 0.4) is 0 Å². The van der Waals surface area contributed by atoms with E-state index >= 15 is 0 Å². The predicted molar refractivity (Wildman–Crippen MR) is 53.6 cm³/mol. The Morgan fingerprint density at radius 3 is 2.69 bits per heavy atom. The van der Waals surface area contributed by atoms with E-state index in [-0.39, 0.29) is 0 Å². The van der Waals surface area contributed by atoms with E-state index in [1.165, 1.54) is 31.2 Å². The van der Waals surface area contributed by atoms with Gasteiger partial charge in [0.1, 0.15) is 0 Å². The minimum atomic E-state index is 0.351. The molecule has 2 rings (SSSR count). The highest BCUT2D eigenvalue weighted by atomic mass is 16.5. The normalized spacial score (nSPS) is 23.8. The Kier molecular flexibility index (Phi) is 2.98. The van der Waals surface area contributed by atoms with Crippen LogP contribution in [0.25, 0.3) is 0 Å². The predicted octanol–water partition coefficient (Wildman–Crippen LogP) is 3.32. The third-order valence-electron chi connectivity index (χ3n) is 2.60. The second-order valence-corrected chi connectivity index (χ2v) is 3.62. The van der Waals surface area contributed by atoms with Gasteiger partial charge in [0.25, 0.3) is 0 Å². The highest BCUT2D eigenvalue weighted by Gasteiger charge is 2.13. The molecule has 0 spiro atoms. The van der Waals surface area contributed by atoms with Crippen LogP contribution in [0.4, 0.5) is 0 Å². The van der Waals surface area contributed by atoms with E-state index in [4.69, 9.17) is 4.74 Å². The van der Waals surface area contributed by atoms with Gasteiger partial charge in [0.05, 0.1) is 6.10 Å². The molecule has 0 aliphatic carbocycles. The molecule has 0 bridgehead atoms. The Labute approximate surface area is 79.7 Å². The molecule has 1 atom stereocenters. The first-order valence-corrected chi connectivity index (χ1v) is 5.13. The minimum absolute atomic E-state index is 0.351. The monoisotopic (exact) mass is 176 g/mol. The van der Waals surface area contributed by atoms with Crippen molar-refractivity contribution < 1.29 is 4.74 Å². The third kappa shape index (κ3) is 2.31. The van der Waals surface area contributed by atoms with Crippen molar-refractivity contribution in [3.05, 3.63) is 35.9 Å². The average Bonchev–Trinajstić information content (AvgIpc) is 2.47. The van der Waals surface area contributed by atoms with Crippen LogP contribution < -0.4 is 0 Å².